The fraction of sp³-hybridized carbons (Fsp3) is 0.176. The van der Waals surface area contributed by atoms with Crippen molar-refractivity contribution in [3.63, 3.8) is 0 Å². The molecule has 7 nitrogen and oxygen atoms in total. The van der Waals surface area contributed by atoms with Crippen LogP contribution in [-0.4, -0.2) is 25.7 Å². The normalized spacial score (nSPS) is 10.8. The summed E-state index contributed by atoms with van der Waals surface area (Å²) in [6.07, 6.45) is 0. The maximum Gasteiger partial charge on any atom is 0.256 e. The summed E-state index contributed by atoms with van der Waals surface area (Å²) in [6.45, 7) is 5.03. The number of amides is 1. The molecule has 0 aliphatic rings. The van der Waals surface area contributed by atoms with Gasteiger partial charge in [0.2, 0.25) is 5.95 Å². The van der Waals surface area contributed by atoms with Crippen LogP contribution in [0.5, 0.6) is 0 Å². The van der Waals surface area contributed by atoms with Gasteiger partial charge in [-0.2, -0.15) is 9.78 Å². The molecule has 0 saturated carbocycles. The van der Waals surface area contributed by atoms with E-state index in [1.54, 1.807) is 26.8 Å². The predicted molar refractivity (Wildman–Crippen MR) is 90.5 cm³/mol. The largest absolute Gasteiger partial charge is 0.306 e. The molecule has 0 aliphatic carbocycles. The Morgan fingerprint density at radius 3 is 2.54 bits per heavy atom. The minimum absolute atomic E-state index is 0.0594. The molecule has 3 rings (SSSR count). The average Bonchev–Trinajstić information content (AvgIpc) is 2.95. The third-order valence-electron chi connectivity index (χ3n) is 3.84. The minimum Gasteiger partial charge on any atom is -0.306 e. The van der Waals surface area contributed by atoms with Crippen molar-refractivity contribution >= 4 is 11.7 Å². The summed E-state index contributed by atoms with van der Waals surface area (Å²) < 4.78 is 27.6. The third kappa shape index (κ3) is 3.23. The highest BCUT2D eigenvalue weighted by Crippen LogP contribution is 2.16. The number of hydrogen-bond acceptors (Lipinski definition) is 4. The lowest BCUT2D eigenvalue weighted by molar-refractivity contribution is 0.102. The van der Waals surface area contributed by atoms with Crippen LogP contribution in [0.3, 0.4) is 0 Å². The van der Waals surface area contributed by atoms with Crippen molar-refractivity contribution in [3.05, 3.63) is 68.8 Å². The van der Waals surface area contributed by atoms with Crippen LogP contribution < -0.4 is 10.9 Å². The van der Waals surface area contributed by atoms with Gasteiger partial charge in [0.1, 0.15) is 5.82 Å². The van der Waals surface area contributed by atoms with E-state index in [1.165, 1.54) is 4.68 Å². The summed E-state index contributed by atoms with van der Waals surface area (Å²) >= 11 is 0. The number of nitrogens with one attached hydrogen (secondary N) is 2. The molecule has 0 aliphatic heterocycles. The first kappa shape index (κ1) is 17.5. The van der Waals surface area contributed by atoms with Crippen LogP contribution in [0.2, 0.25) is 0 Å². The van der Waals surface area contributed by atoms with E-state index in [0.29, 0.717) is 17.0 Å². The number of rotatable bonds is 3. The maximum atomic E-state index is 13.3. The zero-order valence-corrected chi connectivity index (χ0v) is 14.2. The summed E-state index contributed by atoms with van der Waals surface area (Å²) in [6, 6.07) is 4.40. The quantitative estimate of drug-likeness (QED) is 0.751. The van der Waals surface area contributed by atoms with E-state index >= 15 is 0 Å². The predicted octanol–water partition coefficient (Wildman–Crippen LogP) is 2.41. The molecule has 1 aromatic carbocycles. The Balaban J connectivity index is 1.98. The number of H-pyrrole nitrogens is 1. The molecular weight excluding hydrogens is 344 g/mol. The van der Waals surface area contributed by atoms with E-state index in [-0.39, 0.29) is 22.9 Å². The molecule has 2 aromatic heterocycles. The maximum absolute atomic E-state index is 13.3. The number of carbonyl (C=O) groups excluding carboxylic acids is 1. The smallest absolute Gasteiger partial charge is 0.256 e. The first-order valence-electron chi connectivity index (χ1n) is 7.67. The lowest BCUT2D eigenvalue weighted by Gasteiger charge is -2.09. The standard InChI is InChI=1S/C17H15F2N5O2/c1-8-6-14(21-16(26)11-4-5-12(18)13(19)7-11)24(23-8)17-20-10(3)9(2)15(25)22-17/h4-7H,1-3H3,(H,21,26)(H,20,22,25). The summed E-state index contributed by atoms with van der Waals surface area (Å²) in [7, 11) is 0. The second kappa shape index (κ2) is 6.51. The van der Waals surface area contributed by atoms with Crippen molar-refractivity contribution < 1.29 is 13.6 Å². The van der Waals surface area contributed by atoms with Crippen molar-refractivity contribution in [1.29, 1.82) is 0 Å². The highest BCUT2D eigenvalue weighted by Gasteiger charge is 2.16. The number of aromatic nitrogens is 4. The van der Waals surface area contributed by atoms with Crippen LogP contribution in [0.25, 0.3) is 5.95 Å². The highest BCUT2D eigenvalue weighted by molar-refractivity contribution is 6.03. The van der Waals surface area contributed by atoms with Gasteiger partial charge in [0.15, 0.2) is 11.6 Å². The SMILES string of the molecule is Cc1cc(NC(=O)c2ccc(F)c(F)c2)n(-c2nc(C)c(C)c(=O)[nH]2)n1. The Labute approximate surface area is 146 Å². The first-order chi connectivity index (χ1) is 12.3. The van der Waals surface area contributed by atoms with E-state index in [1.807, 2.05) is 0 Å². The van der Waals surface area contributed by atoms with Crippen LogP contribution in [0.4, 0.5) is 14.6 Å². The van der Waals surface area contributed by atoms with Crippen molar-refractivity contribution in [1.82, 2.24) is 19.7 Å². The summed E-state index contributed by atoms with van der Waals surface area (Å²) in [5.74, 6) is -2.46. The molecule has 0 radical (unpaired) electrons. The second-order valence-corrected chi connectivity index (χ2v) is 5.77. The van der Waals surface area contributed by atoms with Crippen LogP contribution in [-0.2, 0) is 0 Å². The van der Waals surface area contributed by atoms with Gasteiger partial charge in [0, 0.05) is 22.9 Å². The first-order valence-corrected chi connectivity index (χ1v) is 7.67. The lowest BCUT2D eigenvalue weighted by Crippen LogP contribution is -2.21. The Kier molecular flexibility index (Phi) is 4.37. The van der Waals surface area contributed by atoms with Gasteiger partial charge in [0.25, 0.3) is 11.5 Å². The molecule has 0 saturated heterocycles. The number of hydrogen-bond donors (Lipinski definition) is 2. The van der Waals surface area contributed by atoms with Crippen LogP contribution in [0.1, 0.15) is 27.3 Å². The molecule has 26 heavy (non-hydrogen) atoms. The number of nitrogens with zero attached hydrogens (tertiary/aromatic N) is 3. The summed E-state index contributed by atoms with van der Waals surface area (Å²) in [5, 5.41) is 6.76. The van der Waals surface area contributed by atoms with E-state index in [2.05, 4.69) is 20.4 Å². The molecule has 0 spiro atoms. The Morgan fingerprint density at radius 1 is 1.15 bits per heavy atom. The Bertz CT molecular complexity index is 1070. The van der Waals surface area contributed by atoms with Gasteiger partial charge >= 0.3 is 0 Å². The van der Waals surface area contributed by atoms with E-state index < -0.39 is 17.5 Å². The fourth-order valence-electron chi connectivity index (χ4n) is 2.31. The minimum atomic E-state index is -1.12. The molecular formula is C17H15F2N5O2. The molecule has 2 heterocycles. The van der Waals surface area contributed by atoms with Crippen LogP contribution in [0, 0.1) is 32.4 Å². The van der Waals surface area contributed by atoms with Crippen LogP contribution in [0.15, 0.2) is 29.1 Å². The number of benzene rings is 1. The van der Waals surface area contributed by atoms with Crippen molar-refractivity contribution in [2.75, 3.05) is 5.32 Å². The molecule has 0 bridgehead atoms. The van der Waals surface area contributed by atoms with Gasteiger partial charge in [-0.05, 0) is 39.0 Å². The van der Waals surface area contributed by atoms with Gasteiger partial charge in [-0.1, -0.05) is 0 Å². The summed E-state index contributed by atoms with van der Waals surface area (Å²) in [5.41, 5.74) is 1.18. The number of aryl methyl sites for hydroxylation is 2. The van der Waals surface area contributed by atoms with E-state index in [4.69, 9.17) is 0 Å². The fourth-order valence-corrected chi connectivity index (χ4v) is 2.31. The molecule has 3 aromatic rings. The van der Waals surface area contributed by atoms with E-state index in [0.717, 1.165) is 18.2 Å². The molecule has 9 heteroatoms. The second-order valence-electron chi connectivity index (χ2n) is 5.77. The van der Waals surface area contributed by atoms with Gasteiger partial charge in [-0.25, -0.2) is 13.8 Å². The molecule has 134 valence electrons. The van der Waals surface area contributed by atoms with Crippen molar-refractivity contribution in [2.24, 2.45) is 0 Å². The number of anilines is 1. The molecule has 0 fully saturated rings. The van der Waals surface area contributed by atoms with Crippen LogP contribution >= 0.6 is 0 Å². The van der Waals surface area contributed by atoms with Gasteiger partial charge < -0.3 is 5.32 Å². The van der Waals surface area contributed by atoms with Gasteiger partial charge in [0.05, 0.1) is 5.69 Å². The topological polar surface area (TPSA) is 92.7 Å². The molecule has 2 N–H and O–H groups in total. The number of halogens is 2. The highest BCUT2D eigenvalue weighted by atomic mass is 19.2. The van der Waals surface area contributed by atoms with Crippen molar-refractivity contribution in [2.45, 2.75) is 20.8 Å². The van der Waals surface area contributed by atoms with Gasteiger partial charge in [-0.15, -0.1) is 0 Å². The molecule has 1 amide bonds. The van der Waals surface area contributed by atoms with Crippen molar-refractivity contribution in [3.8, 4) is 5.95 Å². The zero-order valence-electron chi connectivity index (χ0n) is 14.2. The lowest BCUT2D eigenvalue weighted by atomic mass is 10.2. The molecule has 0 atom stereocenters. The Hall–Kier alpha value is -3.36. The van der Waals surface area contributed by atoms with Gasteiger partial charge in [-0.3, -0.25) is 14.6 Å². The zero-order chi connectivity index (χ0) is 19.0. The Morgan fingerprint density at radius 2 is 1.88 bits per heavy atom. The number of carbonyl (C=O) groups is 1. The summed E-state index contributed by atoms with van der Waals surface area (Å²) in [4.78, 5) is 31.1. The average molecular weight is 359 g/mol. The number of aromatic amines is 1. The molecule has 0 unspecified atom stereocenters. The van der Waals surface area contributed by atoms with E-state index in [9.17, 15) is 18.4 Å². The monoisotopic (exact) mass is 359 g/mol. The third-order valence-corrected chi connectivity index (χ3v) is 3.84.